The molecular weight excluding hydrogens is 602 g/mol. The first kappa shape index (κ1) is 33.2. The number of methoxy groups -OCH3 is 1. The number of rotatable bonds is 14. The van der Waals surface area contributed by atoms with E-state index in [9.17, 15) is 5.11 Å². The van der Waals surface area contributed by atoms with E-state index in [1.165, 1.54) is 6.20 Å². The highest BCUT2D eigenvalue weighted by Crippen LogP contribution is 2.36. The molecule has 1 atom stereocenters. The fraction of sp³-hybridized carbons (Fsp3) is 0.351. The lowest BCUT2D eigenvalue weighted by Gasteiger charge is -2.18. The van der Waals surface area contributed by atoms with Gasteiger partial charge in [0.1, 0.15) is 36.5 Å². The first-order chi connectivity index (χ1) is 22.4. The maximum absolute atomic E-state index is 9.91. The van der Waals surface area contributed by atoms with Crippen LogP contribution >= 0.6 is 11.6 Å². The molecular formula is C37H40ClN3O5. The number of hydrogen-bond donors (Lipinski definition) is 1. The van der Waals surface area contributed by atoms with E-state index in [0.717, 1.165) is 71.6 Å². The van der Waals surface area contributed by atoms with Crippen LogP contribution in [0.25, 0.3) is 11.1 Å². The van der Waals surface area contributed by atoms with Crippen LogP contribution in [0.15, 0.2) is 67.0 Å². The quantitative estimate of drug-likeness (QED) is 0.147. The van der Waals surface area contributed by atoms with Crippen LogP contribution in [0.4, 0.5) is 0 Å². The third-order valence-electron chi connectivity index (χ3n) is 8.45. The second-order valence-corrected chi connectivity index (χ2v) is 11.9. The minimum atomic E-state index is -0.248. The summed E-state index contributed by atoms with van der Waals surface area (Å²) in [6.07, 6.45) is 5.54. The lowest BCUT2D eigenvalue weighted by Crippen LogP contribution is -2.25. The summed E-state index contributed by atoms with van der Waals surface area (Å²) in [5.74, 6) is 1.79. The number of pyridine rings is 1. The molecule has 0 saturated carbocycles. The molecule has 5 rings (SSSR count). The number of aliphatic hydroxyl groups is 1. The van der Waals surface area contributed by atoms with Gasteiger partial charge in [0.25, 0.3) is 0 Å². The Morgan fingerprint density at radius 3 is 2.48 bits per heavy atom. The van der Waals surface area contributed by atoms with Gasteiger partial charge in [-0.15, -0.1) is 0 Å². The van der Waals surface area contributed by atoms with Crippen molar-refractivity contribution in [1.29, 1.82) is 5.26 Å². The minimum Gasteiger partial charge on any atom is -0.493 e. The van der Waals surface area contributed by atoms with Gasteiger partial charge < -0.3 is 29.0 Å². The summed E-state index contributed by atoms with van der Waals surface area (Å²) in [6.45, 7) is 8.17. The number of aromatic nitrogens is 1. The molecule has 8 nitrogen and oxygen atoms in total. The number of halogens is 1. The molecule has 0 spiro atoms. The highest BCUT2D eigenvalue weighted by atomic mass is 35.5. The second-order valence-electron chi connectivity index (χ2n) is 11.5. The van der Waals surface area contributed by atoms with Gasteiger partial charge in [-0.05, 0) is 72.7 Å². The maximum atomic E-state index is 9.91. The SMILES string of the molecule is COC1CCN(CCCOc2cccc(-c3cccc(COc4cc(OCc5cncc(C#N)c5)c(CO)cc4Cl)c3C)c2C)C1. The number of ether oxygens (including phenoxy) is 4. The maximum Gasteiger partial charge on any atom is 0.142 e. The van der Waals surface area contributed by atoms with Crippen LogP contribution in [0.3, 0.4) is 0 Å². The molecule has 240 valence electrons. The van der Waals surface area contributed by atoms with Crippen molar-refractivity contribution in [1.82, 2.24) is 9.88 Å². The summed E-state index contributed by atoms with van der Waals surface area (Å²) in [7, 11) is 1.79. The monoisotopic (exact) mass is 641 g/mol. The van der Waals surface area contributed by atoms with Crippen molar-refractivity contribution in [2.45, 2.75) is 52.6 Å². The van der Waals surface area contributed by atoms with Gasteiger partial charge in [-0.1, -0.05) is 41.9 Å². The Kier molecular flexibility index (Phi) is 11.5. The molecule has 1 aliphatic heterocycles. The van der Waals surface area contributed by atoms with Crippen molar-refractivity contribution < 1.29 is 24.1 Å². The number of benzene rings is 3. The van der Waals surface area contributed by atoms with Gasteiger partial charge in [0.15, 0.2) is 0 Å². The van der Waals surface area contributed by atoms with Crippen molar-refractivity contribution in [2.24, 2.45) is 0 Å². The van der Waals surface area contributed by atoms with Crippen LogP contribution in [0.1, 0.15) is 46.2 Å². The number of nitriles is 1. The van der Waals surface area contributed by atoms with Crippen LogP contribution in [-0.2, 0) is 24.6 Å². The van der Waals surface area contributed by atoms with Crippen molar-refractivity contribution in [3.63, 3.8) is 0 Å². The Morgan fingerprint density at radius 2 is 1.72 bits per heavy atom. The predicted octanol–water partition coefficient (Wildman–Crippen LogP) is 7.03. The van der Waals surface area contributed by atoms with E-state index in [0.29, 0.717) is 47.0 Å². The Morgan fingerprint density at radius 1 is 0.935 bits per heavy atom. The normalized spacial score (nSPS) is 14.7. The second kappa shape index (κ2) is 15.9. The first-order valence-electron chi connectivity index (χ1n) is 15.5. The highest BCUT2D eigenvalue weighted by Gasteiger charge is 2.21. The summed E-state index contributed by atoms with van der Waals surface area (Å²) in [4.78, 5) is 6.52. The molecule has 46 heavy (non-hydrogen) atoms. The molecule has 3 aromatic carbocycles. The van der Waals surface area contributed by atoms with Gasteiger partial charge in [0.05, 0.1) is 29.9 Å². The van der Waals surface area contributed by atoms with E-state index in [1.54, 1.807) is 31.5 Å². The molecule has 1 aromatic heterocycles. The van der Waals surface area contributed by atoms with Gasteiger partial charge in [0.2, 0.25) is 0 Å². The molecule has 0 radical (unpaired) electrons. The number of hydrogen-bond acceptors (Lipinski definition) is 8. The van der Waals surface area contributed by atoms with Crippen molar-refractivity contribution >= 4 is 11.6 Å². The molecule has 0 bridgehead atoms. The molecule has 0 amide bonds. The molecule has 1 unspecified atom stereocenters. The summed E-state index contributed by atoms with van der Waals surface area (Å²) in [6, 6.07) is 19.5. The van der Waals surface area contributed by atoms with Crippen molar-refractivity contribution in [3.05, 3.63) is 105 Å². The third-order valence-corrected chi connectivity index (χ3v) is 8.74. The lowest BCUT2D eigenvalue weighted by atomic mass is 9.93. The molecule has 9 heteroatoms. The topological polar surface area (TPSA) is 97.1 Å². The predicted molar refractivity (Wildman–Crippen MR) is 178 cm³/mol. The first-order valence-corrected chi connectivity index (χ1v) is 15.9. The average molecular weight is 642 g/mol. The zero-order chi connectivity index (χ0) is 32.5. The summed E-state index contributed by atoms with van der Waals surface area (Å²) < 4.78 is 23.9. The van der Waals surface area contributed by atoms with Crippen LogP contribution in [0, 0.1) is 25.2 Å². The molecule has 1 N–H and O–H groups in total. The molecule has 1 aliphatic rings. The van der Waals surface area contributed by atoms with E-state index < -0.39 is 0 Å². The van der Waals surface area contributed by atoms with E-state index >= 15 is 0 Å². The summed E-state index contributed by atoms with van der Waals surface area (Å²) in [5, 5.41) is 19.4. The summed E-state index contributed by atoms with van der Waals surface area (Å²) >= 11 is 6.55. The van der Waals surface area contributed by atoms with E-state index in [-0.39, 0.29) is 13.2 Å². The average Bonchev–Trinajstić information content (AvgIpc) is 3.55. The fourth-order valence-corrected chi connectivity index (χ4v) is 5.99. The van der Waals surface area contributed by atoms with E-state index in [2.05, 4.69) is 41.9 Å². The molecule has 1 fully saturated rings. The standard InChI is InChI=1S/C37H40ClN3O5/c1-25-29(24-46-37-17-36(30(22-42)16-34(37)38)45-23-28-15-27(18-39)19-40-20-28)7-4-8-32(25)33-9-5-10-35(26(33)2)44-14-6-12-41-13-11-31(21-41)43-3/h4-5,7-10,15-17,19-20,31,42H,6,11-14,21-24H2,1-3H3. The smallest absolute Gasteiger partial charge is 0.142 e. The number of aliphatic hydroxyl groups excluding tert-OH is 1. The van der Waals surface area contributed by atoms with Crippen LogP contribution in [-0.4, -0.2) is 54.4 Å². The van der Waals surface area contributed by atoms with Crippen LogP contribution in [0.2, 0.25) is 5.02 Å². The third kappa shape index (κ3) is 8.17. The van der Waals surface area contributed by atoms with E-state index in [4.69, 9.17) is 35.8 Å². The van der Waals surface area contributed by atoms with E-state index in [1.807, 2.05) is 24.3 Å². The summed E-state index contributed by atoms with van der Waals surface area (Å²) in [5.41, 5.74) is 7.19. The Balaban J connectivity index is 1.25. The van der Waals surface area contributed by atoms with Gasteiger partial charge in [0, 0.05) is 56.3 Å². The van der Waals surface area contributed by atoms with Crippen molar-refractivity contribution in [3.8, 4) is 34.4 Å². The van der Waals surface area contributed by atoms with Gasteiger partial charge in [-0.25, -0.2) is 0 Å². The Labute approximate surface area is 276 Å². The zero-order valence-electron chi connectivity index (χ0n) is 26.6. The lowest BCUT2D eigenvalue weighted by molar-refractivity contribution is 0.107. The Hall–Kier alpha value is -4.13. The highest BCUT2D eigenvalue weighted by molar-refractivity contribution is 6.32. The molecule has 4 aromatic rings. The molecule has 1 saturated heterocycles. The molecule has 2 heterocycles. The molecule has 0 aliphatic carbocycles. The van der Waals surface area contributed by atoms with Gasteiger partial charge in [-0.2, -0.15) is 5.26 Å². The number of likely N-dealkylation sites (tertiary alicyclic amines) is 1. The van der Waals surface area contributed by atoms with Crippen molar-refractivity contribution in [2.75, 3.05) is 33.4 Å². The van der Waals surface area contributed by atoms with Gasteiger partial charge in [-0.3, -0.25) is 4.98 Å². The Bertz CT molecular complexity index is 1690. The minimum absolute atomic E-state index is 0.174. The fourth-order valence-electron chi connectivity index (χ4n) is 5.75. The largest absolute Gasteiger partial charge is 0.493 e. The zero-order valence-corrected chi connectivity index (χ0v) is 27.3. The van der Waals surface area contributed by atoms with Crippen LogP contribution in [0.5, 0.6) is 17.2 Å². The number of nitrogens with zero attached hydrogens (tertiary/aromatic N) is 3. The van der Waals surface area contributed by atoms with Gasteiger partial charge >= 0.3 is 0 Å². The van der Waals surface area contributed by atoms with Crippen LogP contribution < -0.4 is 14.2 Å².